The third kappa shape index (κ3) is 2.06. The topological polar surface area (TPSA) is 63.7 Å². The van der Waals surface area contributed by atoms with Crippen LogP contribution in [-0.2, 0) is 19.4 Å². The fourth-order valence-electron chi connectivity index (χ4n) is 1.84. The lowest BCUT2D eigenvalue weighted by Gasteiger charge is -2.22. The fourth-order valence-corrected chi connectivity index (χ4v) is 3.16. The van der Waals surface area contributed by atoms with Crippen molar-refractivity contribution in [2.24, 2.45) is 0 Å². The van der Waals surface area contributed by atoms with Gasteiger partial charge in [0.05, 0.1) is 7.11 Å². The van der Waals surface area contributed by atoms with Gasteiger partial charge in [-0.1, -0.05) is 0 Å². The minimum atomic E-state index is -3.11. The molecule has 1 fully saturated rings. The number of methoxy groups -OCH3 is 1. The maximum atomic E-state index is 11.3. The van der Waals surface area contributed by atoms with Crippen LogP contribution in [0.2, 0.25) is 0 Å². The zero-order valence-electron chi connectivity index (χ0n) is 8.56. The Morgan fingerprint density at radius 2 is 2.00 bits per heavy atom. The molecule has 2 atom stereocenters. The number of likely N-dealkylation sites (tertiary alicyclic amines) is 1. The second kappa shape index (κ2) is 3.86. The number of rotatable bonds is 2. The maximum Gasteiger partial charge on any atom is 0.323 e. The molecule has 82 valence electrons. The molecule has 0 N–H and O–H groups in total. The molecule has 2 unspecified atom stereocenters. The molecule has 1 heterocycles. The predicted molar refractivity (Wildman–Crippen MR) is 51.4 cm³/mol. The SMILES string of the molecule is COC(=O)C1CCC(S(C)(=O)=O)N1C. The summed E-state index contributed by atoms with van der Waals surface area (Å²) in [5, 5.41) is -0.549. The van der Waals surface area contributed by atoms with E-state index in [1.54, 1.807) is 11.9 Å². The van der Waals surface area contributed by atoms with Gasteiger partial charge in [-0.2, -0.15) is 0 Å². The summed E-state index contributed by atoms with van der Waals surface area (Å²) in [4.78, 5) is 12.8. The molecule has 0 aromatic carbocycles. The lowest BCUT2D eigenvalue weighted by atomic mass is 10.2. The minimum Gasteiger partial charge on any atom is -0.468 e. The first-order valence-electron chi connectivity index (χ1n) is 4.36. The van der Waals surface area contributed by atoms with Crippen LogP contribution in [0.15, 0.2) is 0 Å². The average molecular weight is 221 g/mol. The van der Waals surface area contributed by atoms with E-state index >= 15 is 0 Å². The Labute approximate surface area is 83.9 Å². The van der Waals surface area contributed by atoms with Crippen molar-refractivity contribution in [2.75, 3.05) is 20.4 Å². The van der Waals surface area contributed by atoms with E-state index in [4.69, 9.17) is 0 Å². The molecular weight excluding hydrogens is 206 g/mol. The predicted octanol–water partition coefficient (Wildman–Crippen LogP) is -0.376. The second-order valence-electron chi connectivity index (χ2n) is 3.57. The Balaban J connectivity index is 2.79. The van der Waals surface area contributed by atoms with Gasteiger partial charge in [0.15, 0.2) is 9.84 Å². The number of hydrogen-bond donors (Lipinski definition) is 0. The van der Waals surface area contributed by atoms with Crippen LogP contribution in [0.1, 0.15) is 12.8 Å². The summed E-state index contributed by atoms with van der Waals surface area (Å²) in [6.45, 7) is 0. The third-order valence-corrected chi connectivity index (χ3v) is 4.16. The van der Waals surface area contributed by atoms with Crippen molar-refractivity contribution in [1.29, 1.82) is 0 Å². The molecule has 0 aliphatic carbocycles. The molecule has 0 amide bonds. The number of sulfone groups is 1. The monoisotopic (exact) mass is 221 g/mol. The number of carbonyl (C=O) groups excluding carboxylic acids is 1. The third-order valence-electron chi connectivity index (χ3n) is 2.60. The first kappa shape index (κ1) is 11.5. The largest absolute Gasteiger partial charge is 0.468 e. The average Bonchev–Trinajstić information content (AvgIpc) is 2.45. The lowest BCUT2D eigenvalue weighted by Crippen LogP contribution is -2.41. The van der Waals surface area contributed by atoms with Crippen LogP contribution < -0.4 is 0 Å². The van der Waals surface area contributed by atoms with E-state index in [9.17, 15) is 13.2 Å². The number of carbonyl (C=O) groups is 1. The normalized spacial score (nSPS) is 29.1. The van der Waals surface area contributed by atoms with Crippen molar-refractivity contribution in [3.63, 3.8) is 0 Å². The Morgan fingerprint density at radius 1 is 1.43 bits per heavy atom. The molecule has 0 aromatic heterocycles. The Hall–Kier alpha value is -0.620. The molecule has 0 spiro atoms. The summed E-state index contributed by atoms with van der Waals surface area (Å²) >= 11 is 0. The van der Waals surface area contributed by atoms with Crippen LogP contribution in [0, 0.1) is 0 Å². The molecule has 0 bridgehead atoms. The number of likely N-dealkylation sites (N-methyl/N-ethyl adjacent to an activating group) is 1. The maximum absolute atomic E-state index is 11.3. The Bertz CT molecular complexity index is 324. The van der Waals surface area contributed by atoms with Gasteiger partial charge in [0.2, 0.25) is 0 Å². The highest BCUT2D eigenvalue weighted by Gasteiger charge is 2.40. The molecule has 1 aliphatic rings. The summed E-state index contributed by atoms with van der Waals surface area (Å²) in [5.41, 5.74) is 0. The van der Waals surface area contributed by atoms with Gasteiger partial charge >= 0.3 is 5.97 Å². The van der Waals surface area contributed by atoms with Gasteiger partial charge in [-0.15, -0.1) is 0 Å². The number of hydrogen-bond acceptors (Lipinski definition) is 5. The molecule has 0 saturated carbocycles. The van der Waals surface area contributed by atoms with Crippen molar-refractivity contribution in [1.82, 2.24) is 4.90 Å². The zero-order chi connectivity index (χ0) is 10.9. The van der Waals surface area contributed by atoms with Gasteiger partial charge in [-0.25, -0.2) is 8.42 Å². The van der Waals surface area contributed by atoms with Crippen LogP contribution >= 0.6 is 0 Å². The van der Waals surface area contributed by atoms with Crippen LogP contribution in [0.3, 0.4) is 0 Å². The fraction of sp³-hybridized carbons (Fsp3) is 0.875. The highest BCUT2D eigenvalue weighted by molar-refractivity contribution is 7.91. The second-order valence-corrected chi connectivity index (χ2v) is 5.77. The first-order chi connectivity index (χ1) is 6.38. The Kier molecular flexibility index (Phi) is 3.16. The summed E-state index contributed by atoms with van der Waals surface area (Å²) in [6, 6.07) is -0.417. The molecular formula is C8H15NO4S. The Morgan fingerprint density at radius 3 is 2.36 bits per heavy atom. The van der Waals surface area contributed by atoms with E-state index in [1.165, 1.54) is 13.4 Å². The smallest absolute Gasteiger partial charge is 0.323 e. The minimum absolute atomic E-state index is 0.362. The van der Waals surface area contributed by atoms with Gasteiger partial charge < -0.3 is 4.74 Å². The van der Waals surface area contributed by atoms with Crippen molar-refractivity contribution in [3.05, 3.63) is 0 Å². The van der Waals surface area contributed by atoms with Gasteiger partial charge in [0, 0.05) is 6.26 Å². The number of ether oxygens (including phenoxy) is 1. The van der Waals surface area contributed by atoms with Crippen LogP contribution in [0.4, 0.5) is 0 Å². The summed E-state index contributed by atoms with van der Waals surface area (Å²) in [7, 11) is -0.160. The number of nitrogens with zero attached hydrogens (tertiary/aromatic N) is 1. The lowest BCUT2D eigenvalue weighted by molar-refractivity contribution is -0.145. The molecule has 1 aliphatic heterocycles. The van der Waals surface area contributed by atoms with Gasteiger partial charge in [0.25, 0.3) is 0 Å². The standard InChI is InChI=1S/C8H15NO4S/c1-9-6(8(10)13-2)4-5-7(9)14(3,11)12/h6-7H,4-5H2,1-3H3. The van der Waals surface area contributed by atoms with E-state index in [0.29, 0.717) is 12.8 Å². The van der Waals surface area contributed by atoms with E-state index in [0.717, 1.165) is 0 Å². The molecule has 6 heteroatoms. The van der Waals surface area contributed by atoms with E-state index in [-0.39, 0.29) is 5.97 Å². The molecule has 14 heavy (non-hydrogen) atoms. The quantitative estimate of drug-likeness (QED) is 0.595. The summed E-state index contributed by atoms with van der Waals surface area (Å²) in [6.07, 6.45) is 2.23. The molecule has 5 nitrogen and oxygen atoms in total. The van der Waals surface area contributed by atoms with Crippen LogP contribution in [-0.4, -0.2) is 51.1 Å². The van der Waals surface area contributed by atoms with Crippen molar-refractivity contribution in [3.8, 4) is 0 Å². The molecule has 1 saturated heterocycles. The van der Waals surface area contributed by atoms with Crippen molar-refractivity contribution < 1.29 is 17.9 Å². The van der Waals surface area contributed by atoms with E-state index in [1.807, 2.05) is 0 Å². The molecule has 0 radical (unpaired) electrons. The summed E-state index contributed by atoms with van der Waals surface area (Å²) < 4.78 is 27.2. The molecule has 1 rings (SSSR count). The van der Waals surface area contributed by atoms with Crippen molar-refractivity contribution >= 4 is 15.8 Å². The van der Waals surface area contributed by atoms with Crippen LogP contribution in [0.25, 0.3) is 0 Å². The number of esters is 1. The van der Waals surface area contributed by atoms with E-state index < -0.39 is 21.3 Å². The van der Waals surface area contributed by atoms with Crippen molar-refractivity contribution in [2.45, 2.75) is 24.3 Å². The van der Waals surface area contributed by atoms with Gasteiger partial charge in [-0.05, 0) is 19.9 Å². The summed E-state index contributed by atoms with van der Waals surface area (Å²) in [5.74, 6) is -0.362. The molecule has 0 aromatic rings. The zero-order valence-corrected chi connectivity index (χ0v) is 9.37. The van der Waals surface area contributed by atoms with Gasteiger partial charge in [-0.3, -0.25) is 9.69 Å². The van der Waals surface area contributed by atoms with Gasteiger partial charge in [0.1, 0.15) is 11.4 Å². The highest BCUT2D eigenvalue weighted by atomic mass is 32.2. The van der Waals surface area contributed by atoms with Crippen LogP contribution in [0.5, 0.6) is 0 Å². The first-order valence-corrected chi connectivity index (χ1v) is 6.32. The highest BCUT2D eigenvalue weighted by Crippen LogP contribution is 2.26. The van der Waals surface area contributed by atoms with E-state index in [2.05, 4.69) is 4.74 Å².